The molecule has 5 aromatic rings. The molecule has 0 saturated carbocycles. The smallest absolute Gasteiger partial charge is 0.300 e. The number of aromatic amines is 1. The number of aliphatic hydroxyl groups excluding tert-OH is 1. The lowest BCUT2D eigenvalue weighted by Gasteiger charge is -2.26. The number of carbonyl (C=O) groups is 2. The number of pyridine rings is 1. The first-order chi connectivity index (χ1) is 16.6. The van der Waals surface area contributed by atoms with E-state index in [0.29, 0.717) is 16.8 Å². The van der Waals surface area contributed by atoms with E-state index in [1.54, 1.807) is 30.7 Å². The number of Topliss-reactive ketones (excluding diaryl/α,β-unsaturated/α-hetero) is 1. The highest BCUT2D eigenvalue weighted by atomic mass is 16.3. The number of rotatable bonds is 3. The maximum Gasteiger partial charge on any atom is 0.300 e. The van der Waals surface area contributed by atoms with Crippen molar-refractivity contribution in [2.45, 2.75) is 6.04 Å². The zero-order valence-corrected chi connectivity index (χ0v) is 18.0. The average Bonchev–Trinajstić information content (AvgIpc) is 3.43. The number of nitrogens with one attached hydrogen (secondary N) is 1. The molecule has 1 amide bonds. The number of para-hydroxylation sites is 1. The minimum Gasteiger partial charge on any atom is -0.507 e. The summed E-state index contributed by atoms with van der Waals surface area (Å²) in [6, 6.07) is 23.6. The summed E-state index contributed by atoms with van der Waals surface area (Å²) >= 11 is 0. The zero-order valence-electron chi connectivity index (χ0n) is 18.0. The van der Waals surface area contributed by atoms with Crippen LogP contribution in [0.15, 0.2) is 103 Å². The van der Waals surface area contributed by atoms with E-state index in [0.717, 1.165) is 21.7 Å². The Morgan fingerprint density at radius 1 is 0.853 bits per heavy atom. The highest BCUT2D eigenvalue weighted by molar-refractivity contribution is 6.52. The quantitative estimate of drug-likeness (QED) is 0.223. The van der Waals surface area contributed by atoms with Crippen molar-refractivity contribution in [3.8, 4) is 0 Å². The van der Waals surface area contributed by atoms with E-state index in [-0.39, 0.29) is 11.3 Å². The summed E-state index contributed by atoms with van der Waals surface area (Å²) in [7, 11) is 0. The van der Waals surface area contributed by atoms with Crippen LogP contribution >= 0.6 is 0 Å². The van der Waals surface area contributed by atoms with Gasteiger partial charge < -0.3 is 10.1 Å². The first kappa shape index (κ1) is 19.9. The number of H-pyrrole nitrogens is 1. The van der Waals surface area contributed by atoms with Crippen LogP contribution in [0.25, 0.3) is 27.4 Å². The van der Waals surface area contributed by atoms with Crippen molar-refractivity contribution in [3.05, 3.63) is 114 Å². The molecule has 0 aliphatic carbocycles. The van der Waals surface area contributed by atoms with Crippen LogP contribution in [0, 0.1) is 0 Å². The van der Waals surface area contributed by atoms with Crippen LogP contribution in [0.3, 0.4) is 0 Å². The Hall–Kier alpha value is -4.71. The van der Waals surface area contributed by atoms with E-state index in [1.165, 1.54) is 4.90 Å². The molecule has 1 aliphatic heterocycles. The normalized spacial score (nSPS) is 17.6. The second-order valence-electron chi connectivity index (χ2n) is 8.20. The van der Waals surface area contributed by atoms with Crippen LogP contribution in [0.2, 0.25) is 0 Å². The summed E-state index contributed by atoms with van der Waals surface area (Å²) in [6.45, 7) is 0. The van der Waals surface area contributed by atoms with Gasteiger partial charge in [0.25, 0.3) is 11.7 Å². The number of ketones is 1. The standard InChI is InChI=1S/C28H19N3O3/c32-26(21-16-30-22-10-4-3-9-20(21)22)24-25(18-12-14-29-15-13-18)31(28(34)27(24)33)23-11-5-7-17-6-1-2-8-19(17)23/h1-16,25,30,32H/b26-24-. The molecule has 6 rings (SSSR count). The van der Waals surface area contributed by atoms with Crippen molar-refractivity contribution in [2.75, 3.05) is 4.90 Å². The van der Waals surface area contributed by atoms with Crippen LogP contribution < -0.4 is 4.90 Å². The predicted molar refractivity (Wildman–Crippen MR) is 131 cm³/mol. The first-order valence-electron chi connectivity index (χ1n) is 10.9. The molecule has 3 aromatic carbocycles. The lowest BCUT2D eigenvalue weighted by atomic mass is 9.95. The van der Waals surface area contributed by atoms with Gasteiger partial charge in [-0.2, -0.15) is 0 Å². The van der Waals surface area contributed by atoms with Crippen molar-refractivity contribution in [1.29, 1.82) is 0 Å². The fraction of sp³-hybridized carbons (Fsp3) is 0.0357. The number of nitrogens with zero attached hydrogens (tertiary/aromatic N) is 2. The van der Waals surface area contributed by atoms with Crippen LogP contribution in [0.4, 0.5) is 5.69 Å². The van der Waals surface area contributed by atoms with Gasteiger partial charge in [0.05, 0.1) is 17.3 Å². The Kier molecular flexibility index (Phi) is 4.52. The third-order valence-corrected chi connectivity index (χ3v) is 6.34. The van der Waals surface area contributed by atoms with Gasteiger partial charge in [-0.25, -0.2) is 0 Å². The number of anilines is 1. The van der Waals surface area contributed by atoms with E-state index < -0.39 is 17.7 Å². The summed E-state index contributed by atoms with van der Waals surface area (Å²) in [6.07, 6.45) is 4.89. The van der Waals surface area contributed by atoms with Crippen molar-refractivity contribution < 1.29 is 14.7 Å². The highest BCUT2D eigenvalue weighted by Gasteiger charge is 2.47. The molecule has 1 saturated heterocycles. The van der Waals surface area contributed by atoms with Gasteiger partial charge in [0.1, 0.15) is 5.76 Å². The molecule has 2 N–H and O–H groups in total. The molecule has 3 heterocycles. The number of benzene rings is 3. The molecule has 2 aromatic heterocycles. The van der Waals surface area contributed by atoms with Crippen LogP contribution in [0.5, 0.6) is 0 Å². The van der Waals surface area contributed by atoms with Crippen molar-refractivity contribution in [1.82, 2.24) is 9.97 Å². The van der Waals surface area contributed by atoms with E-state index in [4.69, 9.17) is 0 Å². The molecule has 164 valence electrons. The number of aromatic nitrogens is 2. The van der Waals surface area contributed by atoms with Crippen LogP contribution in [-0.4, -0.2) is 26.8 Å². The fourth-order valence-corrected chi connectivity index (χ4v) is 4.77. The summed E-state index contributed by atoms with van der Waals surface area (Å²) in [5, 5.41) is 14.0. The number of aliphatic hydroxyl groups is 1. The molecule has 1 atom stereocenters. The minimum absolute atomic E-state index is 0.0499. The third kappa shape index (κ3) is 2.93. The molecule has 6 heteroatoms. The van der Waals surface area contributed by atoms with Gasteiger partial charge in [-0.05, 0) is 35.2 Å². The number of carbonyl (C=O) groups excluding carboxylic acids is 2. The third-order valence-electron chi connectivity index (χ3n) is 6.34. The fourth-order valence-electron chi connectivity index (χ4n) is 4.77. The second kappa shape index (κ2) is 7.71. The molecule has 1 fully saturated rings. The number of fused-ring (bicyclic) bond motifs is 2. The molecular weight excluding hydrogens is 426 g/mol. The van der Waals surface area contributed by atoms with Crippen molar-refractivity contribution in [3.63, 3.8) is 0 Å². The van der Waals surface area contributed by atoms with Gasteiger partial charge in [-0.3, -0.25) is 19.5 Å². The molecular formula is C28H19N3O3. The summed E-state index contributed by atoms with van der Waals surface area (Å²) in [4.78, 5) is 35.6. The molecule has 0 bridgehead atoms. The monoisotopic (exact) mass is 445 g/mol. The van der Waals surface area contributed by atoms with Crippen molar-refractivity contribution in [2.24, 2.45) is 0 Å². The van der Waals surface area contributed by atoms with Crippen molar-refractivity contribution >= 4 is 44.8 Å². The molecule has 1 aliphatic rings. The summed E-state index contributed by atoms with van der Waals surface area (Å²) < 4.78 is 0. The number of amides is 1. The van der Waals surface area contributed by atoms with E-state index in [9.17, 15) is 14.7 Å². The van der Waals surface area contributed by atoms with Gasteiger partial charge in [0.15, 0.2) is 0 Å². The Morgan fingerprint density at radius 3 is 2.38 bits per heavy atom. The Bertz CT molecular complexity index is 1610. The van der Waals surface area contributed by atoms with E-state index in [2.05, 4.69) is 9.97 Å². The van der Waals surface area contributed by atoms with Gasteiger partial charge in [0, 0.05) is 40.4 Å². The van der Waals surface area contributed by atoms with Crippen LogP contribution in [-0.2, 0) is 9.59 Å². The van der Waals surface area contributed by atoms with E-state index >= 15 is 0 Å². The summed E-state index contributed by atoms with van der Waals surface area (Å²) in [5.74, 6) is -1.61. The number of hydrogen-bond acceptors (Lipinski definition) is 4. The van der Waals surface area contributed by atoms with Gasteiger partial charge >= 0.3 is 0 Å². The maximum absolute atomic E-state index is 13.5. The topological polar surface area (TPSA) is 86.3 Å². The SMILES string of the molecule is O=C1C(=O)N(c2cccc3ccccc23)C(c2ccncc2)/C1=C(/O)c1c[nH]c2ccccc12. The number of hydrogen-bond donors (Lipinski definition) is 2. The second-order valence-corrected chi connectivity index (χ2v) is 8.20. The Balaban J connectivity index is 1.63. The average molecular weight is 445 g/mol. The maximum atomic E-state index is 13.5. The minimum atomic E-state index is -0.803. The molecule has 1 unspecified atom stereocenters. The largest absolute Gasteiger partial charge is 0.507 e. The first-order valence-corrected chi connectivity index (χ1v) is 10.9. The molecule has 0 radical (unpaired) electrons. The Morgan fingerprint density at radius 2 is 1.56 bits per heavy atom. The van der Waals surface area contributed by atoms with Gasteiger partial charge in [-0.15, -0.1) is 0 Å². The molecule has 6 nitrogen and oxygen atoms in total. The van der Waals surface area contributed by atoms with Crippen LogP contribution in [0.1, 0.15) is 17.2 Å². The molecule has 0 spiro atoms. The van der Waals surface area contributed by atoms with Gasteiger partial charge in [-0.1, -0.05) is 54.6 Å². The molecule has 34 heavy (non-hydrogen) atoms. The van der Waals surface area contributed by atoms with Gasteiger partial charge in [0.2, 0.25) is 0 Å². The zero-order chi connectivity index (χ0) is 23.2. The highest BCUT2D eigenvalue weighted by Crippen LogP contribution is 2.44. The lowest BCUT2D eigenvalue weighted by Crippen LogP contribution is -2.29. The Labute approximate surface area is 194 Å². The predicted octanol–water partition coefficient (Wildman–Crippen LogP) is 5.34. The lowest BCUT2D eigenvalue weighted by molar-refractivity contribution is -0.132. The van der Waals surface area contributed by atoms with E-state index in [1.807, 2.05) is 66.7 Å². The summed E-state index contributed by atoms with van der Waals surface area (Å²) in [5.41, 5.74) is 2.65.